The molecule has 0 aliphatic heterocycles. The van der Waals surface area contributed by atoms with E-state index in [-0.39, 0.29) is 5.92 Å². The van der Waals surface area contributed by atoms with Crippen molar-refractivity contribution in [3.05, 3.63) is 34.3 Å². The molecule has 16 heavy (non-hydrogen) atoms. The van der Waals surface area contributed by atoms with Gasteiger partial charge in [0.15, 0.2) is 0 Å². The van der Waals surface area contributed by atoms with Gasteiger partial charge in [-0.25, -0.2) is 0 Å². The Morgan fingerprint density at radius 2 is 2.06 bits per heavy atom. The summed E-state index contributed by atoms with van der Waals surface area (Å²) in [4.78, 5) is 12.0. The molecule has 1 aromatic carbocycles. The highest BCUT2D eigenvalue weighted by Crippen LogP contribution is 2.31. The predicted molar refractivity (Wildman–Crippen MR) is 67.0 cm³/mol. The molecule has 0 aromatic heterocycles. The minimum Gasteiger partial charge on any atom is -0.299 e. The number of carbonyl (C=O) groups excluding carboxylic acids is 1. The number of carbonyl (C=O) groups is 1. The number of halogens is 1. The number of aryl methyl sites for hydroxylation is 1. The molecule has 86 valence electrons. The Kier molecular flexibility index (Phi) is 3.65. The second kappa shape index (κ2) is 5.01. The molecule has 0 heterocycles. The molecule has 1 atom stereocenters. The van der Waals surface area contributed by atoms with Gasteiger partial charge in [0.1, 0.15) is 5.78 Å². The Morgan fingerprint density at radius 3 is 2.81 bits per heavy atom. The van der Waals surface area contributed by atoms with Crippen LogP contribution in [0.2, 0.25) is 5.02 Å². The molecule has 2 heteroatoms. The van der Waals surface area contributed by atoms with Gasteiger partial charge in [-0.1, -0.05) is 36.6 Å². The van der Waals surface area contributed by atoms with Crippen LogP contribution in [-0.2, 0) is 4.79 Å². The monoisotopic (exact) mass is 236 g/mol. The summed E-state index contributed by atoms with van der Waals surface area (Å²) in [5.41, 5.74) is 2.17. The normalized spacial score (nSPS) is 21.9. The minimum atomic E-state index is 0.0839. The fraction of sp³-hybridized carbons (Fsp3) is 0.500. The van der Waals surface area contributed by atoms with Gasteiger partial charge in [-0.3, -0.25) is 4.79 Å². The molecule has 0 amide bonds. The molecule has 1 aliphatic rings. The first-order valence-electron chi connectivity index (χ1n) is 5.97. The summed E-state index contributed by atoms with van der Waals surface area (Å²) in [6, 6.07) is 6.02. The molecule has 1 aromatic rings. The Bertz CT molecular complexity index is 398. The van der Waals surface area contributed by atoms with E-state index in [1.165, 1.54) is 6.42 Å². The maximum Gasteiger partial charge on any atom is 0.140 e. The number of rotatable bonds is 1. The van der Waals surface area contributed by atoms with Crippen molar-refractivity contribution in [2.75, 3.05) is 0 Å². The van der Waals surface area contributed by atoms with Crippen LogP contribution in [-0.4, -0.2) is 5.78 Å². The molecule has 0 bridgehead atoms. The first-order chi connectivity index (χ1) is 7.68. The van der Waals surface area contributed by atoms with Crippen LogP contribution in [0.15, 0.2) is 18.2 Å². The molecule has 0 saturated heterocycles. The average Bonchev–Trinajstić information content (AvgIpc) is 2.47. The molecule has 0 N–H and O–H groups in total. The summed E-state index contributed by atoms with van der Waals surface area (Å²) in [6.07, 6.45) is 5.10. The van der Waals surface area contributed by atoms with Gasteiger partial charge in [-0.2, -0.15) is 0 Å². The Hall–Kier alpha value is -0.820. The SMILES string of the molecule is Cc1ccc(C2CCCCCC2=O)cc1Cl. The minimum absolute atomic E-state index is 0.0839. The lowest BCUT2D eigenvalue weighted by atomic mass is 9.90. The molecule has 1 fully saturated rings. The second-order valence-electron chi connectivity index (χ2n) is 4.63. The van der Waals surface area contributed by atoms with E-state index < -0.39 is 0 Å². The summed E-state index contributed by atoms with van der Waals surface area (Å²) in [7, 11) is 0. The molecular weight excluding hydrogens is 220 g/mol. The van der Waals surface area contributed by atoms with Crippen molar-refractivity contribution in [2.45, 2.75) is 44.9 Å². The van der Waals surface area contributed by atoms with Crippen LogP contribution in [0.1, 0.15) is 49.1 Å². The molecule has 1 unspecified atom stereocenters. The highest BCUT2D eigenvalue weighted by molar-refractivity contribution is 6.31. The van der Waals surface area contributed by atoms with Crippen LogP contribution in [0.25, 0.3) is 0 Å². The van der Waals surface area contributed by atoms with Gasteiger partial charge in [-0.05, 0) is 37.0 Å². The summed E-state index contributed by atoms with van der Waals surface area (Å²) < 4.78 is 0. The smallest absolute Gasteiger partial charge is 0.140 e. The topological polar surface area (TPSA) is 17.1 Å². The van der Waals surface area contributed by atoms with E-state index in [9.17, 15) is 4.79 Å². The van der Waals surface area contributed by atoms with E-state index in [4.69, 9.17) is 11.6 Å². The van der Waals surface area contributed by atoms with Gasteiger partial charge in [0.05, 0.1) is 0 Å². The lowest BCUT2D eigenvalue weighted by Gasteiger charge is -2.14. The fourth-order valence-electron chi connectivity index (χ4n) is 2.34. The highest BCUT2D eigenvalue weighted by Gasteiger charge is 2.22. The first-order valence-corrected chi connectivity index (χ1v) is 6.35. The van der Waals surface area contributed by atoms with Gasteiger partial charge >= 0.3 is 0 Å². The maximum absolute atomic E-state index is 12.0. The Labute approximate surface area is 102 Å². The van der Waals surface area contributed by atoms with E-state index >= 15 is 0 Å². The third-order valence-corrected chi connectivity index (χ3v) is 3.81. The third-order valence-electron chi connectivity index (χ3n) is 3.40. The number of benzene rings is 1. The van der Waals surface area contributed by atoms with Crippen LogP contribution in [0.5, 0.6) is 0 Å². The molecule has 1 nitrogen and oxygen atoms in total. The highest BCUT2D eigenvalue weighted by atomic mass is 35.5. The van der Waals surface area contributed by atoms with Crippen molar-refractivity contribution in [2.24, 2.45) is 0 Å². The Balaban J connectivity index is 2.27. The Morgan fingerprint density at radius 1 is 1.25 bits per heavy atom. The lowest BCUT2D eigenvalue weighted by Crippen LogP contribution is -2.10. The molecule has 2 rings (SSSR count). The largest absolute Gasteiger partial charge is 0.299 e. The zero-order chi connectivity index (χ0) is 11.5. The maximum atomic E-state index is 12.0. The van der Waals surface area contributed by atoms with Crippen molar-refractivity contribution < 1.29 is 4.79 Å². The van der Waals surface area contributed by atoms with E-state index in [2.05, 4.69) is 6.07 Å². The first kappa shape index (κ1) is 11.7. The van der Waals surface area contributed by atoms with Crippen molar-refractivity contribution in [3.63, 3.8) is 0 Å². The fourth-order valence-corrected chi connectivity index (χ4v) is 2.53. The summed E-state index contributed by atoms with van der Waals surface area (Å²) >= 11 is 6.11. The van der Waals surface area contributed by atoms with Crippen LogP contribution in [0.3, 0.4) is 0 Å². The molecule has 1 saturated carbocycles. The molecule has 1 aliphatic carbocycles. The summed E-state index contributed by atoms with van der Waals surface area (Å²) in [6.45, 7) is 1.99. The van der Waals surface area contributed by atoms with Crippen LogP contribution in [0, 0.1) is 6.92 Å². The third kappa shape index (κ3) is 2.46. The van der Waals surface area contributed by atoms with Gasteiger partial charge in [-0.15, -0.1) is 0 Å². The quantitative estimate of drug-likeness (QED) is 0.666. The number of hydrogen-bond acceptors (Lipinski definition) is 1. The molecule has 0 radical (unpaired) electrons. The van der Waals surface area contributed by atoms with Crippen LogP contribution < -0.4 is 0 Å². The van der Waals surface area contributed by atoms with Crippen molar-refractivity contribution in [3.8, 4) is 0 Å². The van der Waals surface area contributed by atoms with E-state index in [1.54, 1.807) is 0 Å². The van der Waals surface area contributed by atoms with Gasteiger partial charge in [0.25, 0.3) is 0 Å². The van der Waals surface area contributed by atoms with E-state index in [1.807, 2.05) is 19.1 Å². The molecular formula is C14H17ClO. The number of hydrogen-bond donors (Lipinski definition) is 0. The van der Waals surface area contributed by atoms with Crippen molar-refractivity contribution >= 4 is 17.4 Å². The summed E-state index contributed by atoms with van der Waals surface area (Å²) in [5, 5.41) is 0.773. The lowest BCUT2D eigenvalue weighted by molar-refractivity contribution is -0.120. The summed E-state index contributed by atoms with van der Waals surface area (Å²) in [5.74, 6) is 0.470. The van der Waals surface area contributed by atoms with Gasteiger partial charge in [0, 0.05) is 17.4 Å². The second-order valence-corrected chi connectivity index (χ2v) is 5.03. The van der Waals surface area contributed by atoms with Gasteiger partial charge in [0.2, 0.25) is 0 Å². The van der Waals surface area contributed by atoms with Crippen LogP contribution >= 0.6 is 11.6 Å². The number of ketones is 1. The standard InChI is InChI=1S/C14H17ClO/c1-10-7-8-11(9-13(10)15)12-5-3-2-4-6-14(12)16/h7-9,12H,2-6H2,1H3. The predicted octanol–water partition coefficient (Wildman–Crippen LogP) is 4.27. The van der Waals surface area contributed by atoms with Gasteiger partial charge < -0.3 is 0 Å². The zero-order valence-corrected chi connectivity index (χ0v) is 10.4. The van der Waals surface area contributed by atoms with Crippen molar-refractivity contribution in [1.29, 1.82) is 0 Å². The zero-order valence-electron chi connectivity index (χ0n) is 9.63. The van der Waals surface area contributed by atoms with Crippen molar-refractivity contribution in [1.82, 2.24) is 0 Å². The van der Waals surface area contributed by atoms with E-state index in [0.29, 0.717) is 5.78 Å². The molecule has 0 spiro atoms. The number of Topliss-reactive ketones (excluding diaryl/α,β-unsaturated/α-hetero) is 1. The van der Waals surface area contributed by atoms with E-state index in [0.717, 1.165) is 41.8 Å². The van der Waals surface area contributed by atoms with Crippen LogP contribution in [0.4, 0.5) is 0 Å². The average molecular weight is 237 g/mol.